The highest BCUT2D eigenvalue weighted by molar-refractivity contribution is 6.31. The topological polar surface area (TPSA) is 26.0 Å². The van der Waals surface area contributed by atoms with E-state index in [1.54, 1.807) is 30.3 Å². The van der Waals surface area contributed by atoms with E-state index in [1.165, 1.54) is 12.1 Å². The fourth-order valence-electron chi connectivity index (χ4n) is 2.23. The van der Waals surface area contributed by atoms with E-state index in [2.05, 4.69) is 0 Å². The van der Waals surface area contributed by atoms with E-state index in [9.17, 15) is 8.78 Å². The van der Waals surface area contributed by atoms with Crippen LogP contribution in [0.2, 0.25) is 5.02 Å². The van der Waals surface area contributed by atoms with Gasteiger partial charge in [0.2, 0.25) is 0 Å². The third-order valence-corrected chi connectivity index (χ3v) is 3.76. The van der Waals surface area contributed by atoms with Gasteiger partial charge >= 0.3 is 0 Å². The second-order valence-corrected chi connectivity index (χ2v) is 5.19. The molecule has 0 saturated heterocycles. The highest BCUT2D eigenvalue weighted by Gasteiger charge is 2.14. The molecule has 0 aromatic heterocycles. The summed E-state index contributed by atoms with van der Waals surface area (Å²) in [5.41, 5.74) is 7.08. The van der Waals surface area contributed by atoms with Crippen LogP contribution in [-0.4, -0.2) is 6.54 Å². The summed E-state index contributed by atoms with van der Waals surface area (Å²) < 4.78 is 27.0. The van der Waals surface area contributed by atoms with E-state index in [0.717, 1.165) is 0 Å². The summed E-state index contributed by atoms with van der Waals surface area (Å²) in [5.74, 6) is -0.659. The van der Waals surface area contributed by atoms with Crippen molar-refractivity contribution in [2.24, 2.45) is 11.7 Å². The molecule has 0 radical (unpaired) electrons. The quantitative estimate of drug-likeness (QED) is 0.887. The summed E-state index contributed by atoms with van der Waals surface area (Å²) in [6.45, 7) is 0.390. The molecular formula is C16H16ClF2N. The summed E-state index contributed by atoms with van der Waals surface area (Å²) in [6.07, 6.45) is 1.04. The Kier molecular flexibility index (Phi) is 5.10. The van der Waals surface area contributed by atoms with Gasteiger partial charge in [0.25, 0.3) is 0 Å². The number of halogens is 3. The first-order valence-corrected chi connectivity index (χ1v) is 6.86. The van der Waals surface area contributed by atoms with Gasteiger partial charge in [-0.3, -0.25) is 0 Å². The van der Waals surface area contributed by atoms with Gasteiger partial charge in [-0.05, 0) is 48.6 Å². The summed E-state index contributed by atoms with van der Waals surface area (Å²) in [7, 11) is 0. The molecule has 1 atom stereocenters. The molecule has 0 aliphatic carbocycles. The Bertz CT molecular complexity index is 586. The zero-order valence-corrected chi connectivity index (χ0v) is 11.7. The molecule has 0 fully saturated rings. The molecule has 0 bridgehead atoms. The molecule has 1 unspecified atom stereocenters. The third kappa shape index (κ3) is 3.56. The van der Waals surface area contributed by atoms with Crippen LogP contribution in [0.25, 0.3) is 0 Å². The molecule has 0 spiro atoms. The molecule has 0 saturated carbocycles. The van der Waals surface area contributed by atoms with Crippen molar-refractivity contribution in [2.75, 3.05) is 6.54 Å². The van der Waals surface area contributed by atoms with Crippen molar-refractivity contribution in [3.63, 3.8) is 0 Å². The van der Waals surface area contributed by atoms with Gasteiger partial charge < -0.3 is 5.73 Å². The predicted molar refractivity (Wildman–Crippen MR) is 77.8 cm³/mol. The van der Waals surface area contributed by atoms with Gasteiger partial charge in [0.05, 0.1) is 5.02 Å². The first kappa shape index (κ1) is 14.9. The van der Waals surface area contributed by atoms with E-state index in [4.69, 9.17) is 17.3 Å². The minimum Gasteiger partial charge on any atom is -0.330 e. The van der Waals surface area contributed by atoms with Crippen LogP contribution in [0.15, 0.2) is 42.5 Å². The molecular weight excluding hydrogens is 280 g/mol. The SMILES string of the molecule is NCC(Cc1ccccc1F)Cc1cccc(F)c1Cl. The average Bonchev–Trinajstić information content (AvgIpc) is 2.45. The van der Waals surface area contributed by atoms with Gasteiger partial charge in [0, 0.05) is 0 Å². The fourth-order valence-corrected chi connectivity index (χ4v) is 2.43. The Morgan fingerprint density at radius 3 is 2.20 bits per heavy atom. The number of nitrogens with two attached hydrogens (primary N) is 1. The van der Waals surface area contributed by atoms with Crippen molar-refractivity contribution in [2.45, 2.75) is 12.8 Å². The highest BCUT2D eigenvalue weighted by Crippen LogP contribution is 2.24. The van der Waals surface area contributed by atoms with Crippen LogP contribution in [-0.2, 0) is 12.8 Å². The standard InChI is InChI=1S/C16H16ClF2N/c17-16-13(5-3-7-15(16)19)9-11(10-20)8-12-4-1-2-6-14(12)18/h1-7,11H,8-10,20H2. The molecule has 0 heterocycles. The number of rotatable bonds is 5. The van der Waals surface area contributed by atoms with Crippen LogP contribution in [0.5, 0.6) is 0 Å². The molecule has 2 aromatic carbocycles. The monoisotopic (exact) mass is 295 g/mol. The van der Waals surface area contributed by atoms with Crippen molar-refractivity contribution >= 4 is 11.6 Å². The van der Waals surface area contributed by atoms with Crippen LogP contribution in [0.4, 0.5) is 8.78 Å². The molecule has 4 heteroatoms. The van der Waals surface area contributed by atoms with Crippen LogP contribution < -0.4 is 5.73 Å². The number of benzene rings is 2. The first-order chi connectivity index (χ1) is 9.61. The van der Waals surface area contributed by atoms with Crippen molar-refractivity contribution in [3.05, 3.63) is 70.2 Å². The Balaban J connectivity index is 2.14. The van der Waals surface area contributed by atoms with Crippen molar-refractivity contribution in [3.8, 4) is 0 Å². The molecule has 1 nitrogen and oxygen atoms in total. The summed E-state index contributed by atoms with van der Waals surface area (Å²) in [5, 5.41) is 0.125. The minimum absolute atomic E-state index is 0.0196. The van der Waals surface area contributed by atoms with Crippen LogP contribution in [0, 0.1) is 17.6 Å². The van der Waals surface area contributed by atoms with Crippen LogP contribution >= 0.6 is 11.6 Å². The number of hydrogen-bond acceptors (Lipinski definition) is 1. The maximum Gasteiger partial charge on any atom is 0.142 e. The van der Waals surface area contributed by atoms with E-state index < -0.39 is 5.82 Å². The Hall–Kier alpha value is -1.45. The first-order valence-electron chi connectivity index (χ1n) is 6.48. The minimum atomic E-state index is -0.439. The van der Waals surface area contributed by atoms with Gasteiger partial charge in [-0.15, -0.1) is 0 Å². The van der Waals surface area contributed by atoms with E-state index in [-0.39, 0.29) is 16.8 Å². The Morgan fingerprint density at radius 1 is 0.900 bits per heavy atom. The van der Waals surface area contributed by atoms with E-state index >= 15 is 0 Å². The molecule has 20 heavy (non-hydrogen) atoms. The second-order valence-electron chi connectivity index (χ2n) is 4.81. The molecule has 2 rings (SSSR count). The van der Waals surface area contributed by atoms with E-state index in [1.807, 2.05) is 0 Å². The Labute approximate surface area is 122 Å². The predicted octanol–water partition coefficient (Wildman–Crippen LogP) is 3.98. The van der Waals surface area contributed by atoms with Crippen LogP contribution in [0.1, 0.15) is 11.1 Å². The lowest BCUT2D eigenvalue weighted by atomic mass is 9.92. The normalized spacial score (nSPS) is 12.4. The lowest BCUT2D eigenvalue weighted by Crippen LogP contribution is -2.20. The third-order valence-electron chi connectivity index (χ3n) is 3.34. The molecule has 2 N–H and O–H groups in total. The van der Waals surface area contributed by atoms with E-state index in [0.29, 0.717) is 30.5 Å². The molecule has 0 aliphatic heterocycles. The maximum absolute atomic E-state index is 13.6. The van der Waals surface area contributed by atoms with Gasteiger partial charge in [0.15, 0.2) is 0 Å². The zero-order valence-electron chi connectivity index (χ0n) is 11.0. The highest BCUT2D eigenvalue weighted by atomic mass is 35.5. The van der Waals surface area contributed by atoms with Crippen LogP contribution in [0.3, 0.4) is 0 Å². The largest absolute Gasteiger partial charge is 0.330 e. The molecule has 2 aromatic rings. The molecule has 106 valence electrons. The van der Waals surface area contributed by atoms with Crippen molar-refractivity contribution in [1.82, 2.24) is 0 Å². The van der Waals surface area contributed by atoms with Gasteiger partial charge in [0.1, 0.15) is 11.6 Å². The molecule has 0 amide bonds. The van der Waals surface area contributed by atoms with Gasteiger partial charge in [-0.25, -0.2) is 8.78 Å². The fraction of sp³-hybridized carbons (Fsp3) is 0.250. The lowest BCUT2D eigenvalue weighted by molar-refractivity contribution is 0.510. The lowest BCUT2D eigenvalue weighted by Gasteiger charge is -2.16. The average molecular weight is 296 g/mol. The second kappa shape index (κ2) is 6.82. The number of hydrogen-bond donors (Lipinski definition) is 1. The van der Waals surface area contributed by atoms with Crippen molar-refractivity contribution < 1.29 is 8.78 Å². The Morgan fingerprint density at radius 2 is 1.50 bits per heavy atom. The summed E-state index contributed by atoms with van der Waals surface area (Å²) >= 11 is 5.94. The maximum atomic E-state index is 13.6. The van der Waals surface area contributed by atoms with Gasteiger partial charge in [-0.2, -0.15) is 0 Å². The van der Waals surface area contributed by atoms with Gasteiger partial charge in [-0.1, -0.05) is 41.9 Å². The molecule has 0 aliphatic rings. The summed E-state index contributed by atoms with van der Waals surface area (Å²) in [4.78, 5) is 0. The summed E-state index contributed by atoms with van der Waals surface area (Å²) in [6, 6.07) is 11.3. The zero-order chi connectivity index (χ0) is 14.5. The smallest absolute Gasteiger partial charge is 0.142 e. The van der Waals surface area contributed by atoms with Crippen molar-refractivity contribution in [1.29, 1.82) is 0 Å².